The van der Waals surface area contributed by atoms with Gasteiger partial charge in [0.1, 0.15) is 12.2 Å². The average molecular weight is 410 g/mol. The molecule has 1 aliphatic carbocycles. The molecule has 2 aromatic rings. The minimum Gasteiger partial charge on any atom is -0.481 e. The van der Waals surface area contributed by atoms with Gasteiger partial charge in [0.15, 0.2) is 0 Å². The number of fused-ring (bicyclic) bond motifs is 3. The number of aliphatic carboxylic acids is 1. The molecule has 1 N–H and O–H groups in total. The highest BCUT2D eigenvalue weighted by Crippen LogP contribution is 2.44. The number of rotatable bonds is 7. The first-order valence-electron chi connectivity index (χ1n) is 9.94. The minimum absolute atomic E-state index is 0.101. The second-order valence-corrected chi connectivity index (χ2v) is 8.44. The Hall–Kier alpha value is -3.15. The Balaban J connectivity index is 1.64. The number of hydrogen-bond acceptors (Lipinski definition) is 5. The van der Waals surface area contributed by atoms with Gasteiger partial charge in [0, 0.05) is 5.92 Å². The van der Waals surface area contributed by atoms with E-state index in [9.17, 15) is 19.5 Å². The molecule has 30 heavy (non-hydrogen) atoms. The molecule has 2 aromatic carbocycles. The summed E-state index contributed by atoms with van der Waals surface area (Å²) in [6.45, 7) is 5.22. The summed E-state index contributed by atoms with van der Waals surface area (Å²) < 4.78 is 10.6. The van der Waals surface area contributed by atoms with Crippen molar-refractivity contribution >= 4 is 17.9 Å². The van der Waals surface area contributed by atoms with Crippen LogP contribution in [-0.4, -0.2) is 35.2 Å². The molecule has 6 nitrogen and oxygen atoms in total. The van der Waals surface area contributed by atoms with Gasteiger partial charge in [-0.1, -0.05) is 48.5 Å². The fourth-order valence-electron chi connectivity index (χ4n) is 3.71. The van der Waals surface area contributed by atoms with Crippen LogP contribution in [0.25, 0.3) is 11.1 Å². The Morgan fingerprint density at radius 2 is 1.40 bits per heavy atom. The van der Waals surface area contributed by atoms with Gasteiger partial charge < -0.3 is 14.6 Å². The highest BCUT2D eigenvalue weighted by atomic mass is 16.6. The molecule has 1 atom stereocenters. The van der Waals surface area contributed by atoms with E-state index in [1.807, 2.05) is 48.5 Å². The van der Waals surface area contributed by atoms with Gasteiger partial charge in [0.25, 0.3) is 0 Å². The smallest absolute Gasteiger partial charge is 0.307 e. The average Bonchev–Trinajstić information content (AvgIpc) is 2.98. The number of carbonyl (C=O) groups excluding carboxylic acids is 2. The van der Waals surface area contributed by atoms with Crippen LogP contribution in [0.15, 0.2) is 48.5 Å². The number of benzene rings is 2. The second-order valence-electron chi connectivity index (χ2n) is 8.44. The lowest BCUT2D eigenvalue weighted by Gasteiger charge is -2.21. The van der Waals surface area contributed by atoms with E-state index >= 15 is 0 Å². The van der Waals surface area contributed by atoms with Gasteiger partial charge in [-0.05, 0) is 43.0 Å². The summed E-state index contributed by atoms with van der Waals surface area (Å²) in [5, 5.41) is 9.39. The quantitative estimate of drug-likeness (QED) is 0.689. The Morgan fingerprint density at radius 3 is 1.90 bits per heavy atom. The molecule has 1 aliphatic rings. The number of carboxylic acids is 1. The van der Waals surface area contributed by atoms with E-state index in [1.165, 1.54) is 0 Å². The van der Waals surface area contributed by atoms with Gasteiger partial charge in [-0.3, -0.25) is 14.4 Å². The Morgan fingerprint density at radius 1 is 0.900 bits per heavy atom. The molecule has 0 aliphatic heterocycles. The zero-order chi connectivity index (χ0) is 21.9. The van der Waals surface area contributed by atoms with Crippen molar-refractivity contribution in [3.05, 3.63) is 59.7 Å². The van der Waals surface area contributed by atoms with Crippen LogP contribution in [0, 0.1) is 5.92 Å². The summed E-state index contributed by atoms with van der Waals surface area (Å²) in [7, 11) is 0. The van der Waals surface area contributed by atoms with E-state index in [0.29, 0.717) is 0 Å². The SMILES string of the molecule is CC(C)(C)OC(=O)C[C@@H](CC(=O)OCC1c2ccccc2-c2ccccc21)C(=O)O. The van der Waals surface area contributed by atoms with E-state index < -0.39 is 29.4 Å². The van der Waals surface area contributed by atoms with Crippen LogP contribution < -0.4 is 0 Å². The van der Waals surface area contributed by atoms with Crippen molar-refractivity contribution in [2.75, 3.05) is 6.61 Å². The van der Waals surface area contributed by atoms with Gasteiger partial charge >= 0.3 is 17.9 Å². The van der Waals surface area contributed by atoms with Crippen molar-refractivity contribution in [3.8, 4) is 11.1 Å². The van der Waals surface area contributed by atoms with Crippen LogP contribution in [-0.2, 0) is 23.9 Å². The zero-order valence-corrected chi connectivity index (χ0v) is 17.4. The zero-order valence-electron chi connectivity index (χ0n) is 17.4. The van der Waals surface area contributed by atoms with E-state index in [-0.39, 0.29) is 25.4 Å². The highest BCUT2D eigenvalue weighted by Gasteiger charge is 2.31. The summed E-state index contributed by atoms with van der Waals surface area (Å²) >= 11 is 0. The number of hydrogen-bond donors (Lipinski definition) is 1. The van der Waals surface area contributed by atoms with Gasteiger partial charge in [0.05, 0.1) is 18.8 Å². The van der Waals surface area contributed by atoms with E-state index in [4.69, 9.17) is 9.47 Å². The summed E-state index contributed by atoms with van der Waals surface area (Å²) in [5.74, 6) is -3.81. The van der Waals surface area contributed by atoms with Gasteiger partial charge in [-0.2, -0.15) is 0 Å². The molecule has 6 heteroatoms. The molecule has 0 amide bonds. The second kappa shape index (κ2) is 8.69. The maximum atomic E-state index is 12.4. The van der Waals surface area contributed by atoms with E-state index in [1.54, 1.807) is 20.8 Å². The molecular formula is C24H26O6. The molecule has 0 fully saturated rings. The van der Waals surface area contributed by atoms with Crippen LogP contribution >= 0.6 is 0 Å². The molecule has 3 rings (SSSR count). The highest BCUT2D eigenvalue weighted by molar-refractivity contribution is 5.84. The molecule has 0 aromatic heterocycles. The van der Waals surface area contributed by atoms with Gasteiger partial charge in [-0.25, -0.2) is 0 Å². The van der Waals surface area contributed by atoms with Crippen molar-refractivity contribution in [1.82, 2.24) is 0 Å². The molecule has 0 heterocycles. The topological polar surface area (TPSA) is 89.9 Å². The predicted molar refractivity (Wildman–Crippen MR) is 111 cm³/mol. The maximum absolute atomic E-state index is 12.4. The third-order valence-electron chi connectivity index (χ3n) is 4.97. The summed E-state index contributed by atoms with van der Waals surface area (Å²) in [5.41, 5.74) is 3.67. The van der Waals surface area contributed by atoms with Crippen LogP contribution in [0.5, 0.6) is 0 Å². The van der Waals surface area contributed by atoms with Crippen molar-refractivity contribution in [2.45, 2.75) is 45.1 Å². The maximum Gasteiger partial charge on any atom is 0.307 e. The molecule has 0 unspecified atom stereocenters. The van der Waals surface area contributed by atoms with Crippen LogP contribution in [0.3, 0.4) is 0 Å². The van der Waals surface area contributed by atoms with Crippen LogP contribution in [0.4, 0.5) is 0 Å². The Bertz CT molecular complexity index is 911. The molecule has 0 saturated carbocycles. The first-order chi connectivity index (χ1) is 14.2. The first-order valence-corrected chi connectivity index (χ1v) is 9.94. The third-order valence-corrected chi connectivity index (χ3v) is 4.97. The predicted octanol–water partition coefficient (Wildman–Crippen LogP) is 4.16. The lowest BCUT2D eigenvalue weighted by atomic mass is 9.98. The fraction of sp³-hybridized carbons (Fsp3) is 0.375. The molecule has 0 radical (unpaired) electrons. The summed E-state index contributed by atoms with van der Waals surface area (Å²) in [6.07, 6.45) is -0.763. The van der Waals surface area contributed by atoms with Gasteiger partial charge in [0.2, 0.25) is 0 Å². The monoisotopic (exact) mass is 410 g/mol. The first kappa shape index (κ1) is 21.6. The summed E-state index contributed by atoms with van der Waals surface area (Å²) in [4.78, 5) is 35.8. The largest absolute Gasteiger partial charge is 0.481 e. The van der Waals surface area contributed by atoms with Crippen molar-refractivity contribution in [3.63, 3.8) is 0 Å². The molecule has 0 saturated heterocycles. The van der Waals surface area contributed by atoms with Crippen molar-refractivity contribution in [1.29, 1.82) is 0 Å². The molecule has 0 spiro atoms. The molecule has 158 valence electrons. The normalized spacial score (nSPS) is 13.8. The minimum atomic E-state index is -1.23. The Labute approximate surface area is 175 Å². The molecular weight excluding hydrogens is 384 g/mol. The number of ether oxygens (including phenoxy) is 2. The van der Waals surface area contributed by atoms with Crippen molar-refractivity contribution < 1.29 is 29.0 Å². The number of esters is 2. The number of carbonyl (C=O) groups is 3. The van der Waals surface area contributed by atoms with Crippen LogP contribution in [0.1, 0.15) is 50.7 Å². The van der Waals surface area contributed by atoms with E-state index in [0.717, 1.165) is 22.3 Å². The Kier molecular flexibility index (Phi) is 6.25. The third kappa shape index (κ3) is 5.06. The lowest BCUT2D eigenvalue weighted by molar-refractivity contribution is -0.161. The summed E-state index contributed by atoms with van der Waals surface area (Å²) in [6, 6.07) is 15.9. The van der Waals surface area contributed by atoms with E-state index in [2.05, 4.69) is 0 Å². The van der Waals surface area contributed by atoms with Gasteiger partial charge in [-0.15, -0.1) is 0 Å². The lowest BCUT2D eigenvalue weighted by Crippen LogP contribution is -2.28. The van der Waals surface area contributed by atoms with Crippen molar-refractivity contribution in [2.24, 2.45) is 5.92 Å². The number of carboxylic acid groups (broad SMARTS) is 1. The molecule has 0 bridgehead atoms. The van der Waals surface area contributed by atoms with Crippen LogP contribution in [0.2, 0.25) is 0 Å². The fourth-order valence-corrected chi connectivity index (χ4v) is 3.71. The standard InChI is InChI=1S/C24H26O6/c1-24(2,3)30-22(26)13-15(23(27)28)12-21(25)29-14-20-18-10-6-4-8-16(18)17-9-5-7-11-19(17)20/h4-11,15,20H,12-14H2,1-3H3,(H,27,28)/t15-/m1/s1.